The highest BCUT2D eigenvalue weighted by Crippen LogP contribution is 2.25. The molecule has 1 N–H and O–H groups in total. The zero-order chi connectivity index (χ0) is 18.4. The molecule has 26 heavy (non-hydrogen) atoms. The van der Waals surface area contributed by atoms with Gasteiger partial charge < -0.3 is 14.6 Å². The number of pyridine rings is 1. The first-order chi connectivity index (χ1) is 12.7. The quantitative estimate of drug-likeness (QED) is 0.581. The molecule has 0 atom stereocenters. The number of carbonyl (C=O) groups excluding carboxylic acids is 1. The summed E-state index contributed by atoms with van der Waals surface area (Å²) in [4.78, 5) is 28.7. The van der Waals surface area contributed by atoms with Crippen LogP contribution in [0.4, 0.5) is 0 Å². The Kier molecular flexibility index (Phi) is 6.10. The highest BCUT2D eigenvalue weighted by molar-refractivity contribution is 5.84. The number of aromatic nitrogens is 1. The Balaban J connectivity index is 1.54. The maximum atomic E-state index is 12.6. The summed E-state index contributed by atoms with van der Waals surface area (Å²) in [5.74, 6) is 0.910. The molecular formula is C21H26N2O3. The van der Waals surface area contributed by atoms with Crippen LogP contribution in [0.25, 0.3) is 10.9 Å². The van der Waals surface area contributed by atoms with Crippen molar-refractivity contribution in [2.24, 2.45) is 0 Å². The summed E-state index contributed by atoms with van der Waals surface area (Å²) in [6, 6.07) is 9.21. The molecule has 0 saturated heterocycles. The molecule has 2 aromatic rings. The van der Waals surface area contributed by atoms with Crippen LogP contribution in [0.15, 0.2) is 47.8 Å². The number of nitrogens with zero attached hydrogens (tertiary/aromatic N) is 1. The van der Waals surface area contributed by atoms with E-state index in [1.165, 1.54) is 18.9 Å². The molecule has 5 heteroatoms. The van der Waals surface area contributed by atoms with Crippen LogP contribution < -0.4 is 10.3 Å². The first-order valence-corrected chi connectivity index (χ1v) is 9.34. The van der Waals surface area contributed by atoms with Gasteiger partial charge >= 0.3 is 0 Å². The molecule has 1 heterocycles. The first kappa shape index (κ1) is 18.2. The molecule has 0 radical (unpaired) electrons. The minimum atomic E-state index is -0.130. The van der Waals surface area contributed by atoms with Gasteiger partial charge in [0.25, 0.3) is 0 Å². The summed E-state index contributed by atoms with van der Waals surface area (Å²) >= 11 is 0. The Morgan fingerprint density at radius 3 is 2.85 bits per heavy atom. The van der Waals surface area contributed by atoms with E-state index in [4.69, 9.17) is 4.74 Å². The summed E-state index contributed by atoms with van der Waals surface area (Å²) < 4.78 is 5.86. The number of nitrogens with one attached hydrogen (secondary N) is 1. The minimum Gasteiger partial charge on any atom is -0.493 e. The van der Waals surface area contributed by atoms with E-state index in [2.05, 4.69) is 11.6 Å². The Bertz CT molecular complexity index is 821. The monoisotopic (exact) mass is 354 g/mol. The second-order valence-corrected chi connectivity index (χ2v) is 6.77. The lowest BCUT2D eigenvalue weighted by Crippen LogP contribution is -2.38. The SMILES string of the molecule is C=CCN(C(=O)CCCOc1cccc2[nH]c(=O)ccc12)C1CCCC1. The molecule has 1 saturated carbocycles. The third kappa shape index (κ3) is 4.34. The van der Waals surface area contributed by atoms with Gasteiger partial charge in [-0.3, -0.25) is 9.59 Å². The maximum absolute atomic E-state index is 12.6. The predicted molar refractivity (Wildman–Crippen MR) is 103 cm³/mol. The molecule has 1 amide bonds. The summed E-state index contributed by atoms with van der Waals surface area (Å²) in [5, 5.41) is 0.873. The largest absolute Gasteiger partial charge is 0.493 e. The van der Waals surface area contributed by atoms with Gasteiger partial charge in [-0.05, 0) is 37.5 Å². The van der Waals surface area contributed by atoms with Crippen molar-refractivity contribution in [2.45, 2.75) is 44.6 Å². The fraction of sp³-hybridized carbons (Fsp3) is 0.429. The van der Waals surface area contributed by atoms with Gasteiger partial charge in [-0.15, -0.1) is 6.58 Å². The van der Waals surface area contributed by atoms with Crippen LogP contribution in [0.3, 0.4) is 0 Å². The summed E-state index contributed by atoms with van der Waals surface area (Å²) in [5.41, 5.74) is 0.624. The van der Waals surface area contributed by atoms with Gasteiger partial charge in [-0.2, -0.15) is 0 Å². The fourth-order valence-electron chi connectivity index (χ4n) is 3.64. The molecule has 0 spiro atoms. The van der Waals surface area contributed by atoms with Crippen LogP contribution >= 0.6 is 0 Å². The number of hydrogen-bond acceptors (Lipinski definition) is 3. The number of aromatic amines is 1. The van der Waals surface area contributed by atoms with E-state index in [9.17, 15) is 9.59 Å². The topological polar surface area (TPSA) is 62.4 Å². The smallest absolute Gasteiger partial charge is 0.248 e. The van der Waals surface area contributed by atoms with Gasteiger partial charge in [0, 0.05) is 30.5 Å². The predicted octanol–water partition coefficient (Wildman–Crippen LogP) is 3.64. The van der Waals surface area contributed by atoms with Crippen molar-refractivity contribution in [3.63, 3.8) is 0 Å². The van der Waals surface area contributed by atoms with E-state index in [0.717, 1.165) is 29.5 Å². The highest BCUT2D eigenvalue weighted by atomic mass is 16.5. The van der Waals surface area contributed by atoms with Gasteiger partial charge in [-0.25, -0.2) is 0 Å². The van der Waals surface area contributed by atoms with Crippen molar-refractivity contribution in [3.8, 4) is 5.75 Å². The van der Waals surface area contributed by atoms with Crippen molar-refractivity contribution in [1.29, 1.82) is 0 Å². The molecule has 1 aliphatic rings. The average molecular weight is 354 g/mol. The molecule has 138 valence electrons. The van der Waals surface area contributed by atoms with Crippen molar-refractivity contribution in [3.05, 3.63) is 53.3 Å². The van der Waals surface area contributed by atoms with Gasteiger partial charge in [0.2, 0.25) is 11.5 Å². The van der Waals surface area contributed by atoms with Crippen LogP contribution in [0.5, 0.6) is 5.75 Å². The number of H-pyrrole nitrogens is 1. The van der Waals surface area contributed by atoms with Crippen LogP contribution in [0.1, 0.15) is 38.5 Å². The molecule has 0 bridgehead atoms. The van der Waals surface area contributed by atoms with Crippen molar-refractivity contribution in [2.75, 3.05) is 13.2 Å². The second kappa shape index (κ2) is 8.70. The molecule has 1 aromatic carbocycles. The lowest BCUT2D eigenvalue weighted by molar-refractivity contribution is -0.133. The van der Waals surface area contributed by atoms with Gasteiger partial charge in [0.15, 0.2) is 0 Å². The maximum Gasteiger partial charge on any atom is 0.248 e. The Labute approximate surface area is 153 Å². The molecule has 0 unspecified atom stereocenters. The lowest BCUT2D eigenvalue weighted by atomic mass is 10.1. The van der Waals surface area contributed by atoms with E-state index in [-0.39, 0.29) is 11.5 Å². The lowest BCUT2D eigenvalue weighted by Gasteiger charge is -2.28. The number of hydrogen-bond donors (Lipinski definition) is 1. The fourth-order valence-corrected chi connectivity index (χ4v) is 3.64. The van der Waals surface area contributed by atoms with E-state index in [1.807, 2.05) is 29.2 Å². The van der Waals surface area contributed by atoms with Crippen molar-refractivity contribution < 1.29 is 9.53 Å². The van der Waals surface area contributed by atoms with E-state index >= 15 is 0 Å². The summed E-state index contributed by atoms with van der Waals surface area (Å²) in [6.07, 6.45) is 7.57. The minimum absolute atomic E-state index is 0.130. The number of rotatable bonds is 8. The number of amides is 1. The molecule has 0 aliphatic heterocycles. The van der Waals surface area contributed by atoms with E-state index < -0.39 is 0 Å². The molecule has 3 rings (SSSR count). The molecule has 5 nitrogen and oxygen atoms in total. The molecule has 1 aromatic heterocycles. The zero-order valence-corrected chi connectivity index (χ0v) is 15.1. The number of benzene rings is 1. The summed E-state index contributed by atoms with van der Waals surface area (Å²) in [6.45, 7) is 4.88. The van der Waals surface area contributed by atoms with Gasteiger partial charge in [-0.1, -0.05) is 25.0 Å². The molecule has 1 fully saturated rings. The van der Waals surface area contributed by atoms with Crippen molar-refractivity contribution >= 4 is 16.8 Å². The highest BCUT2D eigenvalue weighted by Gasteiger charge is 2.25. The van der Waals surface area contributed by atoms with Crippen LogP contribution in [0.2, 0.25) is 0 Å². The van der Waals surface area contributed by atoms with Crippen LogP contribution in [0, 0.1) is 0 Å². The zero-order valence-electron chi connectivity index (χ0n) is 15.1. The standard InChI is InChI=1S/C21H26N2O3/c1-2-14-23(16-7-3-4-8-16)21(25)11-6-15-26-19-10-5-9-18-17(19)12-13-20(24)22-18/h2,5,9-10,12-13,16H,1,3-4,6-8,11,14-15H2,(H,22,24). The Hall–Kier alpha value is -2.56. The number of ether oxygens (including phenoxy) is 1. The van der Waals surface area contributed by atoms with Crippen molar-refractivity contribution in [1.82, 2.24) is 9.88 Å². The van der Waals surface area contributed by atoms with E-state index in [1.54, 1.807) is 6.07 Å². The van der Waals surface area contributed by atoms with E-state index in [0.29, 0.717) is 32.0 Å². The van der Waals surface area contributed by atoms with Crippen LogP contribution in [-0.4, -0.2) is 35.0 Å². The first-order valence-electron chi connectivity index (χ1n) is 9.34. The molecule has 1 aliphatic carbocycles. The van der Waals surface area contributed by atoms with Crippen LogP contribution in [-0.2, 0) is 4.79 Å². The number of carbonyl (C=O) groups is 1. The third-order valence-electron chi connectivity index (χ3n) is 4.93. The third-order valence-corrected chi connectivity index (χ3v) is 4.93. The average Bonchev–Trinajstić information content (AvgIpc) is 3.17. The van der Waals surface area contributed by atoms with Gasteiger partial charge in [0.05, 0.1) is 12.1 Å². The van der Waals surface area contributed by atoms with Gasteiger partial charge in [0.1, 0.15) is 5.75 Å². The molecular weight excluding hydrogens is 328 g/mol. The Morgan fingerprint density at radius 1 is 1.27 bits per heavy atom. The Morgan fingerprint density at radius 2 is 2.08 bits per heavy atom. The second-order valence-electron chi connectivity index (χ2n) is 6.77. The summed E-state index contributed by atoms with van der Waals surface area (Å²) in [7, 11) is 0. The normalized spacial score (nSPS) is 14.5. The number of fused-ring (bicyclic) bond motifs is 1.